The summed E-state index contributed by atoms with van der Waals surface area (Å²) in [5.74, 6) is 4.42. The molecule has 0 N–H and O–H groups in total. The summed E-state index contributed by atoms with van der Waals surface area (Å²) in [5, 5.41) is 30.3. The molecule has 0 rings (SSSR count). The first kappa shape index (κ1) is 32.3. The summed E-state index contributed by atoms with van der Waals surface area (Å²) in [6, 6.07) is 0. The van der Waals surface area contributed by atoms with Gasteiger partial charge in [0.05, 0.1) is 0 Å². The Bertz CT molecular complexity index is 109. The van der Waals surface area contributed by atoms with E-state index >= 15 is 0 Å². The molecule has 0 aliphatic carbocycles. The fourth-order valence-electron chi connectivity index (χ4n) is 0. The van der Waals surface area contributed by atoms with Gasteiger partial charge in [-0.2, -0.15) is 0 Å². The van der Waals surface area contributed by atoms with E-state index in [9.17, 15) is 15.3 Å². The van der Waals surface area contributed by atoms with E-state index in [4.69, 9.17) is 0 Å². The van der Waals surface area contributed by atoms with Crippen LogP contribution in [0.25, 0.3) is 0 Å². The Morgan fingerprint density at radius 1 is 0.526 bits per heavy atom. The average Bonchev–Trinajstić information content (AvgIpc) is 1.71. The standard InChI is InChI=1S/3C4H9O.2CH3.Al.Cd/c3*1-4(2,3)5;;;;/h3*1-3H3;2*1H3;;/q3*-1;;;+1;+2. The second-order valence-corrected chi connectivity index (χ2v) is 8.07. The average molecular weight is 389 g/mol. The fourth-order valence-corrected chi connectivity index (χ4v) is 0. The van der Waals surface area contributed by atoms with Gasteiger partial charge in [0, 0.05) is 0 Å². The molecule has 0 amide bonds. The molecular weight excluding hydrogens is 356 g/mol. The maximum Gasteiger partial charge on any atom is 2.00 e. The molecule has 0 saturated carbocycles. The van der Waals surface area contributed by atoms with Gasteiger partial charge in [0.2, 0.25) is 0 Å². The zero-order chi connectivity index (χ0) is 16.2. The van der Waals surface area contributed by atoms with E-state index in [0.29, 0.717) is 0 Å². The van der Waals surface area contributed by atoms with Gasteiger partial charge < -0.3 is 15.3 Å². The van der Waals surface area contributed by atoms with E-state index in [2.05, 4.69) is 11.6 Å². The Hall–Kier alpha value is 1.33. The van der Waals surface area contributed by atoms with Crippen LogP contribution in [-0.2, 0) is 27.3 Å². The Labute approximate surface area is 148 Å². The zero-order valence-corrected chi connectivity index (χ0v) is 20.2. The van der Waals surface area contributed by atoms with Gasteiger partial charge in [0.15, 0.2) is 0 Å². The van der Waals surface area contributed by atoms with E-state index in [0.717, 1.165) is 15.2 Å². The van der Waals surface area contributed by atoms with E-state index < -0.39 is 16.8 Å². The van der Waals surface area contributed by atoms with E-state index in [1.54, 1.807) is 62.3 Å². The third-order valence-corrected chi connectivity index (χ3v) is 0. The molecule has 0 aliphatic rings. The molecule has 0 aliphatic heterocycles. The summed E-state index contributed by atoms with van der Waals surface area (Å²) >= 11 is 0.750. The smallest absolute Gasteiger partial charge is 2.00 e. The minimum atomic E-state index is -0.750. The summed E-state index contributed by atoms with van der Waals surface area (Å²) < 4.78 is 0. The second kappa shape index (κ2) is 15.7. The van der Waals surface area contributed by atoms with E-state index in [1.165, 1.54) is 0 Å². The van der Waals surface area contributed by atoms with Crippen molar-refractivity contribution in [1.29, 1.82) is 0 Å². The Kier molecular flexibility index (Phi) is 26.7. The second-order valence-electron chi connectivity index (χ2n) is 6.91. The van der Waals surface area contributed by atoms with Crippen molar-refractivity contribution in [2.45, 2.75) is 90.7 Å². The molecule has 112 valence electrons. The summed E-state index contributed by atoms with van der Waals surface area (Å²) in [6.45, 7) is 14.7. The summed E-state index contributed by atoms with van der Waals surface area (Å²) in [6.07, 6.45) is 0. The van der Waals surface area contributed by atoms with Crippen LogP contribution in [0.15, 0.2) is 0 Å². The maximum atomic E-state index is 10.1. The monoisotopic (exact) mass is 390 g/mol. The fraction of sp³-hybridized carbons (Fsp3) is 1.00. The molecule has 0 atom stereocenters. The van der Waals surface area contributed by atoms with Crippen molar-refractivity contribution in [2.24, 2.45) is 0 Å². The SMILES string of the molecule is CC(C)(C)[O-].CC(C)(C)[O-].CC(C)(C)[O-].[CH3][Al+][CH3].[Cd+2]. The molecular formula is C14H33AlCdO3. The molecule has 0 heterocycles. The van der Waals surface area contributed by atoms with Crippen LogP contribution >= 0.6 is 0 Å². The van der Waals surface area contributed by atoms with Crippen LogP contribution < -0.4 is 15.3 Å². The van der Waals surface area contributed by atoms with Crippen LogP contribution in [0.1, 0.15) is 62.3 Å². The molecule has 19 heavy (non-hydrogen) atoms. The van der Waals surface area contributed by atoms with Gasteiger partial charge in [0.1, 0.15) is 0 Å². The summed E-state index contributed by atoms with van der Waals surface area (Å²) in [5.41, 5.74) is -2.25. The largest absolute Gasteiger partial charge is 2.00 e. The van der Waals surface area contributed by atoms with Gasteiger partial charge >= 0.3 is 54.1 Å². The third-order valence-electron chi connectivity index (χ3n) is 0. The molecule has 0 bridgehead atoms. The van der Waals surface area contributed by atoms with Gasteiger partial charge in [0.25, 0.3) is 0 Å². The Balaban J connectivity index is -0.0000000458. The van der Waals surface area contributed by atoms with Crippen LogP contribution in [0.4, 0.5) is 0 Å². The Morgan fingerprint density at radius 2 is 0.526 bits per heavy atom. The first-order valence-electron chi connectivity index (χ1n) is 6.27. The van der Waals surface area contributed by atoms with Crippen molar-refractivity contribution in [3.8, 4) is 0 Å². The number of hydrogen-bond donors (Lipinski definition) is 0. The predicted molar refractivity (Wildman–Crippen MR) is 76.7 cm³/mol. The molecule has 0 radical (unpaired) electrons. The van der Waals surface area contributed by atoms with Crippen LogP contribution in [0, 0.1) is 0 Å². The minimum absolute atomic E-state index is 0. The van der Waals surface area contributed by atoms with Gasteiger partial charge in [-0.05, 0) is 0 Å². The first-order chi connectivity index (χ1) is 7.41. The summed E-state index contributed by atoms with van der Waals surface area (Å²) in [7, 11) is 0. The van der Waals surface area contributed by atoms with Crippen LogP contribution in [0.3, 0.4) is 0 Å². The van der Waals surface area contributed by atoms with Crippen molar-refractivity contribution in [2.75, 3.05) is 0 Å². The van der Waals surface area contributed by atoms with Crippen LogP contribution in [0.2, 0.25) is 11.6 Å². The van der Waals surface area contributed by atoms with E-state index in [1.807, 2.05) is 0 Å². The topological polar surface area (TPSA) is 69.2 Å². The molecule has 0 aromatic heterocycles. The molecule has 3 nitrogen and oxygen atoms in total. The van der Waals surface area contributed by atoms with E-state index in [-0.39, 0.29) is 27.3 Å². The number of hydrogen-bond acceptors (Lipinski definition) is 3. The Morgan fingerprint density at radius 3 is 0.526 bits per heavy atom. The molecule has 0 aromatic rings. The molecule has 0 spiro atoms. The normalized spacial score (nSPS) is 10.0. The van der Waals surface area contributed by atoms with Crippen molar-refractivity contribution in [3.63, 3.8) is 0 Å². The van der Waals surface area contributed by atoms with Crippen molar-refractivity contribution < 1.29 is 42.6 Å². The first-order valence-corrected chi connectivity index (χ1v) is 8.58. The maximum absolute atomic E-state index is 10.1. The molecule has 0 aromatic carbocycles. The molecule has 0 saturated heterocycles. The summed E-state index contributed by atoms with van der Waals surface area (Å²) in [4.78, 5) is 0. The molecule has 5 heteroatoms. The van der Waals surface area contributed by atoms with Crippen molar-refractivity contribution >= 4 is 15.2 Å². The third kappa shape index (κ3) is 3260. The van der Waals surface area contributed by atoms with Crippen LogP contribution in [-0.4, -0.2) is 32.0 Å². The van der Waals surface area contributed by atoms with Crippen LogP contribution in [0.5, 0.6) is 0 Å². The molecule has 0 fully saturated rings. The van der Waals surface area contributed by atoms with Gasteiger partial charge in [-0.25, -0.2) is 0 Å². The van der Waals surface area contributed by atoms with Gasteiger partial charge in [-0.15, -0.1) is 16.8 Å². The molecule has 0 unspecified atom stereocenters. The number of rotatable bonds is 0. The van der Waals surface area contributed by atoms with Gasteiger partial charge in [-0.3, -0.25) is 0 Å². The predicted octanol–water partition coefficient (Wildman–Crippen LogP) is 1.22. The minimum Gasteiger partial charge on any atom is 2.00 e. The van der Waals surface area contributed by atoms with Crippen molar-refractivity contribution in [3.05, 3.63) is 0 Å². The van der Waals surface area contributed by atoms with Gasteiger partial charge in [-0.1, -0.05) is 62.3 Å². The quantitative estimate of drug-likeness (QED) is 0.586. The zero-order valence-electron chi connectivity index (χ0n) is 15.0. The van der Waals surface area contributed by atoms with Crippen molar-refractivity contribution in [1.82, 2.24) is 0 Å².